The van der Waals surface area contributed by atoms with Crippen LogP contribution in [0.15, 0.2) is 12.1 Å². The number of aldehydes is 1. The summed E-state index contributed by atoms with van der Waals surface area (Å²) in [6.07, 6.45) is 1.21. The van der Waals surface area contributed by atoms with Crippen LogP contribution in [0.4, 0.5) is 0 Å². The highest BCUT2D eigenvalue weighted by molar-refractivity contribution is 7.18. The maximum absolute atomic E-state index is 10.4. The first-order chi connectivity index (χ1) is 6.70. The van der Waals surface area contributed by atoms with Crippen LogP contribution < -0.4 is 0 Å². The van der Waals surface area contributed by atoms with Gasteiger partial charge in [-0.25, -0.2) is 4.98 Å². The second-order valence-corrected chi connectivity index (χ2v) is 4.66. The van der Waals surface area contributed by atoms with E-state index in [1.807, 2.05) is 19.1 Å². The van der Waals surface area contributed by atoms with Crippen LogP contribution in [-0.4, -0.2) is 11.3 Å². The summed E-state index contributed by atoms with van der Waals surface area (Å²) in [4.78, 5) is 14.7. The summed E-state index contributed by atoms with van der Waals surface area (Å²) in [7, 11) is 0. The predicted molar refractivity (Wildman–Crippen MR) is 59.1 cm³/mol. The number of rotatable bonds is 2. The third kappa shape index (κ3) is 1.65. The van der Waals surface area contributed by atoms with Crippen LogP contribution in [0.2, 0.25) is 5.02 Å². The highest BCUT2D eigenvalue weighted by Crippen LogP contribution is 2.28. The Morgan fingerprint density at radius 3 is 3.07 bits per heavy atom. The van der Waals surface area contributed by atoms with E-state index >= 15 is 0 Å². The monoisotopic (exact) mass is 225 g/mol. The van der Waals surface area contributed by atoms with E-state index in [4.69, 9.17) is 11.6 Å². The van der Waals surface area contributed by atoms with E-state index < -0.39 is 0 Å². The zero-order valence-corrected chi connectivity index (χ0v) is 9.15. The second-order valence-electron chi connectivity index (χ2n) is 3.02. The van der Waals surface area contributed by atoms with Gasteiger partial charge in [-0.1, -0.05) is 11.6 Å². The normalized spacial score (nSPS) is 10.7. The van der Waals surface area contributed by atoms with Crippen LogP contribution in [0.25, 0.3) is 10.2 Å². The minimum absolute atomic E-state index is 0.353. The van der Waals surface area contributed by atoms with Gasteiger partial charge >= 0.3 is 0 Å². The number of halogens is 1. The zero-order chi connectivity index (χ0) is 10.1. The summed E-state index contributed by atoms with van der Waals surface area (Å²) in [5.74, 6) is 0. The number of thiazole rings is 1. The largest absolute Gasteiger partial charge is 0.303 e. The molecule has 1 heterocycles. The molecule has 2 aromatic rings. The van der Waals surface area contributed by atoms with Crippen molar-refractivity contribution < 1.29 is 4.79 Å². The molecular formula is C10H8ClNOS. The van der Waals surface area contributed by atoms with Crippen LogP contribution >= 0.6 is 22.9 Å². The molecule has 4 heteroatoms. The molecule has 0 saturated carbocycles. The number of nitrogens with zero attached hydrogens (tertiary/aromatic N) is 1. The first-order valence-electron chi connectivity index (χ1n) is 4.20. The average molecular weight is 226 g/mol. The lowest BCUT2D eigenvalue weighted by molar-refractivity contribution is -0.107. The van der Waals surface area contributed by atoms with Crippen molar-refractivity contribution in [2.24, 2.45) is 0 Å². The van der Waals surface area contributed by atoms with Crippen LogP contribution in [0, 0.1) is 6.92 Å². The van der Waals surface area contributed by atoms with E-state index in [-0.39, 0.29) is 0 Å². The molecule has 0 saturated heterocycles. The molecule has 0 aliphatic rings. The zero-order valence-electron chi connectivity index (χ0n) is 7.58. The molecule has 0 aliphatic carbocycles. The Balaban J connectivity index is 2.63. The lowest BCUT2D eigenvalue weighted by atomic mass is 10.1. The van der Waals surface area contributed by atoms with Gasteiger partial charge in [0.1, 0.15) is 6.29 Å². The maximum Gasteiger partial charge on any atom is 0.124 e. The quantitative estimate of drug-likeness (QED) is 0.736. The van der Waals surface area contributed by atoms with Gasteiger partial charge < -0.3 is 4.79 Å². The molecule has 0 N–H and O–H groups in total. The number of benzene rings is 1. The van der Waals surface area contributed by atoms with Gasteiger partial charge in [0, 0.05) is 11.4 Å². The van der Waals surface area contributed by atoms with E-state index in [9.17, 15) is 4.79 Å². The Bertz CT molecular complexity index is 492. The van der Waals surface area contributed by atoms with E-state index in [2.05, 4.69) is 4.98 Å². The summed E-state index contributed by atoms with van der Waals surface area (Å²) in [6.45, 7) is 1.96. The van der Waals surface area contributed by atoms with Gasteiger partial charge in [-0.15, -0.1) is 11.3 Å². The number of aryl methyl sites for hydroxylation is 1. The molecule has 2 nitrogen and oxygen atoms in total. The lowest BCUT2D eigenvalue weighted by Crippen LogP contribution is -1.87. The van der Waals surface area contributed by atoms with E-state index in [0.29, 0.717) is 11.4 Å². The average Bonchev–Trinajstić information content (AvgIpc) is 2.45. The standard InChI is InChI=1S/C10H8ClNOS/c1-6-12-9-4-7(2-3-13)8(11)5-10(9)14-6/h3-5H,2H2,1H3. The van der Waals surface area contributed by atoms with Gasteiger partial charge in [0.15, 0.2) is 0 Å². The summed E-state index contributed by atoms with van der Waals surface area (Å²) in [6, 6.07) is 3.76. The minimum Gasteiger partial charge on any atom is -0.303 e. The second kappa shape index (κ2) is 3.67. The molecule has 0 radical (unpaired) electrons. The molecule has 0 spiro atoms. The Kier molecular flexibility index (Phi) is 2.52. The smallest absolute Gasteiger partial charge is 0.124 e. The third-order valence-electron chi connectivity index (χ3n) is 1.97. The number of aromatic nitrogens is 1. The molecule has 2 rings (SSSR count). The fourth-order valence-electron chi connectivity index (χ4n) is 1.35. The Labute approximate surface area is 90.5 Å². The topological polar surface area (TPSA) is 30.0 Å². The number of hydrogen-bond donors (Lipinski definition) is 0. The number of carbonyl (C=O) groups is 1. The van der Waals surface area contributed by atoms with E-state index in [1.165, 1.54) is 0 Å². The van der Waals surface area contributed by atoms with Crippen molar-refractivity contribution >= 4 is 39.4 Å². The maximum atomic E-state index is 10.4. The summed E-state index contributed by atoms with van der Waals surface area (Å²) >= 11 is 7.62. The molecule has 14 heavy (non-hydrogen) atoms. The van der Waals surface area contributed by atoms with Gasteiger partial charge in [0.05, 0.1) is 15.2 Å². The van der Waals surface area contributed by atoms with Crippen molar-refractivity contribution in [3.05, 3.63) is 27.7 Å². The molecule has 0 amide bonds. The molecule has 0 aliphatic heterocycles. The van der Waals surface area contributed by atoms with E-state index in [0.717, 1.165) is 27.1 Å². The molecule has 72 valence electrons. The van der Waals surface area contributed by atoms with Gasteiger partial charge in [-0.3, -0.25) is 0 Å². The molecular weight excluding hydrogens is 218 g/mol. The molecule has 1 aromatic heterocycles. The first kappa shape index (κ1) is 9.62. The van der Waals surface area contributed by atoms with Crippen molar-refractivity contribution in [3.8, 4) is 0 Å². The van der Waals surface area contributed by atoms with Gasteiger partial charge in [-0.2, -0.15) is 0 Å². The van der Waals surface area contributed by atoms with Crippen molar-refractivity contribution in [2.45, 2.75) is 13.3 Å². The van der Waals surface area contributed by atoms with Crippen molar-refractivity contribution in [2.75, 3.05) is 0 Å². The number of carbonyl (C=O) groups excluding carboxylic acids is 1. The number of fused-ring (bicyclic) bond motifs is 1. The van der Waals surface area contributed by atoms with Crippen LogP contribution in [0.1, 0.15) is 10.6 Å². The van der Waals surface area contributed by atoms with Crippen molar-refractivity contribution in [1.82, 2.24) is 4.98 Å². The highest BCUT2D eigenvalue weighted by Gasteiger charge is 2.06. The fraction of sp³-hybridized carbons (Fsp3) is 0.200. The Hall–Kier alpha value is -0.930. The summed E-state index contributed by atoms with van der Waals surface area (Å²) in [5, 5.41) is 1.66. The lowest BCUT2D eigenvalue weighted by Gasteiger charge is -1.98. The van der Waals surface area contributed by atoms with Crippen LogP contribution in [-0.2, 0) is 11.2 Å². The molecule has 1 aromatic carbocycles. The molecule has 0 fully saturated rings. The molecule has 0 unspecified atom stereocenters. The van der Waals surface area contributed by atoms with Crippen molar-refractivity contribution in [3.63, 3.8) is 0 Å². The van der Waals surface area contributed by atoms with Gasteiger partial charge in [-0.05, 0) is 24.6 Å². The van der Waals surface area contributed by atoms with Crippen LogP contribution in [0.5, 0.6) is 0 Å². The predicted octanol–water partition coefficient (Wildman–Crippen LogP) is 3.00. The van der Waals surface area contributed by atoms with E-state index in [1.54, 1.807) is 11.3 Å². The SMILES string of the molecule is Cc1nc2cc(CC=O)c(Cl)cc2s1. The molecule has 0 atom stereocenters. The fourth-order valence-corrected chi connectivity index (χ4v) is 2.51. The summed E-state index contributed by atoms with van der Waals surface area (Å²) in [5.41, 5.74) is 1.77. The third-order valence-corrected chi connectivity index (χ3v) is 3.25. The van der Waals surface area contributed by atoms with Gasteiger partial charge in [0.2, 0.25) is 0 Å². The van der Waals surface area contributed by atoms with Gasteiger partial charge in [0.25, 0.3) is 0 Å². The first-order valence-corrected chi connectivity index (χ1v) is 5.39. The molecule has 0 bridgehead atoms. The van der Waals surface area contributed by atoms with Crippen molar-refractivity contribution in [1.29, 1.82) is 0 Å². The van der Waals surface area contributed by atoms with Crippen LogP contribution in [0.3, 0.4) is 0 Å². The highest BCUT2D eigenvalue weighted by atomic mass is 35.5. The Morgan fingerprint density at radius 1 is 1.57 bits per heavy atom. The minimum atomic E-state index is 0.353. The Morgan fingerprint density at radius 2 is 2.36 bits per heavy atom. The number of hydrogen-bond acceptors (Lipinski definition) is 3. The summed E-state index contributed by atoms with van der Waals surface area (Å²) < 4.78 is 1.07.